The van der Waals surface area contributed by atoms with E-state index in [0.717, 1.165) is 18.4 Å². The molecule has 0 aliphatic heterocycles. The molecule has 0 unspecified atom stereocenters. The first-order valence-electron chi connectivity index (χ1n) is 8.04. The van der Waals surface area contributed by atoms with Gasteiger partial charge in [-0.2, -0.15) is 13.5 Å². The van der Waals surface area contributed by atoms with Crippen molar-refractivity contribution in [3.05, 3.63) is 63.4 Å². The Bertz CT molecular complexity index is 762. The fourth-order valence-electron chi connectivity index (χ4n) is 2.40. The zero-order valence-corrected chi connectivity index (χ0v) is 15.1. The molecule has 8 heteroatoms. The van der Waals surface area contributed by atoms with Gasteiger partial charge >= 0.3 is 6.61 Å². The summed E-state index contributed by atoms with van der Waals surface area (Å²) in [6, 6.07) is 4.72. The van der Waals surface area contributed by atoms with Crippen LogP contribution in [0.1, 0.15) is 24.0 Å². The van der Waals surface area contributed by atoms with Crippen molar-refractivity contribution in [3.63, 3.8) is 0 Å². The van der Waals surface area contributed by atoms with Gasteiger partial charge in [0.15, 0.2) is 23.9 Å². The molecule has 2 aromatic rings. The lowest BCUT2D eigenvalue weighted by Crippen LogP contribution is -2.25. The van der Waals surface area contributed by atoms with Gasteiger partial charge in [-0.1, -0.05) is 29.3 Å². The molecule has 0 bridgehead atoms. The lowest BCUT2D eigenvalue weighted by atomic mass is 10.0. The lowest BCUT2D eigenvalue weighted by molar-refractivity contribution is -0.605. The first kappa shape index (κ1) is 19.0. The van der Waals surface area contributed by atoms with Crippen LogP contribution in [0.4, 0.5) is 8.78 Å². The molecule has 1 heterocycles. The maximum atomic E-state index is 12.6. The first-order chi connectivity index (χ1) is 12.4. The standard InChI is InChI=1S/C18H16Cl2F2NO3/c19-14-8-23(24)9-15(20)13(14)5-3-11-4-6-16(26-18(21)22)17(7-11)25-10-12-1-2-12/h3-4,6-9,12,18H,1-2,5,10H2. The molecule has 0 atom stereocenters. The molecule has 26 heavy (non-hydrogen) atoms. The first-order valence-corrected chi connectivity index (χ1v) is 8.79. The minimum Gasteiger partial charge on any atom is -0.619 e. The fourth-order valence-corrected chi connectivity index (χ4v) is 2.99. The molecular weight excluding hydrogens is 387 g/mol. The third kappa shape index (κ3) is 5.11. The number of rotatable bonds is 8. The molecule has 0 spiro atoms. The summed E-state index contributed by atoms with van der Waals surface area (Å²) in [4.78, 5) is 0. The summed E-state index contributed by atoms with van der Waals surface area (Å²) in [7, 11) is 0. The van der Waals surface area contributed by atoms with Gasteiger partial charge in [-0.15, -0.1) is 0 Å². The number of nitrogens with zero attached hydrogens (tertiary/aromatic N) is 1. The van der Waals surface area contributed by atoms with Gasteiger partial charge in [0.2, 0.25) is 0 Å². The number of hydrogen-bond acceptors (Lipinski definition) is 3. The van der Waals surface area contributed by atoms with E-state index in [1.54, 1.807) is 12.1 Å². The van der Waals surface area contributed by atoms with Crippen LogP contribution in [0.3, 0.4) is 0 Å². The quantitative estimate of drug-likeness (QED) is 0.469. The van der Waals surface area contributed by atoms with E-state index >= 15 is 0 Å². The maximum absolute atomic E-state index is 12.6. The minimum atomic E-state index is -2.92. The van der Waals surface area contributed by atoms with Gasteiger partial charge in [-0.25, -0.2) is 0 Å². The Morgan fingerprint density at radius 2 is 1.88 bits per heavy atom. The molecule has 1 aliphatic rings. The van der Waals surface area contributed by atoms with Gasteiger partial charge in [0.25, 0.3) is 0 Å². The number of benzene rings is 1. The van der Waals surface area contributed by atoms with Crippen molar-refractivity contribution in [3.8, 4) is 11.5 Å². The van der Waals surface area contributed by atoms with Gasteiger partial charge in [0.1, 0.15) is 10.0 Å². The van der Waals surface area contributed by atoms with Crippen LogP contribution in [0.2, 0.25) is 10.0 Å². The summed E-state index contributed by atoms with van der Waals surface area (Å²) >= 11 is 12.1. The molecule has 0 saturated heterocycles. The van der Waals surface area contributed by atoms with Crippen LogP contribution in [0.5, 0.6) is 11.5 Å². The van der Waals surface area contributed by atoms with Gasteiger partial charge in [-0.05, 0) is 49.3 Å². The van der Waals surface area contributed by atoms with Crippen LogP contribution in [-0.2, 0) is 6.42 Å². The van der Waals surface area contributed by atoms with E-state index in [2.05, 4.69) is 4.74 Å². The molecule has 1 aliphatic carbocycles. The van der Waals surface area contributed by atoms with Crippen LogP contribution in [0.15, 0.2) is 30.6 Å². The molecule has 1 aromatic heterocycles. The zero-order valence-electron chi connectivity index (χ0n) is 13.6. The van der Waals surface area contributed by atoms with E-state index in [0.29, 0.717) is 29.2 Å². The largest absolute Gasteiger partial charge is 0.619 e. The highest BCUT2D eigenvalue weighted by atomic mass is 35.5. The molecule has 1 radical (unpaired) electrons. The molecule has 0 amide bonds. The van der Waals surface area contributed by atoms with Gasteiger partial charge < -0.3 is 14.7 Å². The summed E-state index contributed by atoms with van der Waals surface area (Å²) in [5.74, 6) is 0.748. The van der Waals surface area contributed by atoms with E-state index in [-0.39, 0.29) is 21.5 Å². The molecular formula is C18H16Cl2F2NO3. The highest BCUT2D eigenvalue weighted by Crippen LogP contribution is 2.35. The highest BCUT2D eigenvalue weighted by Gasteiger charge is 2.23. The van der Waals surface area contributed by atoms with Gasteiger partial charge in [0.05, 0.1) is 6.61 Å². The van der Waals surface area contributed by atoms with Crippen molar-refractivity contribution < 1.29 is 23.0 Å². The van der Waals surface area contributed by atoms with Crippen molar-refractivity contribution in [1.29, 1.82) is 0 Å². The number of pyridine rings is 1. The Kier molecular flexibility index (Phi) is 6.04. The smallest absolute Gasteiger partial charge is 0.387 e. The van der Waals surface area contributed by atoms with Crippen molar-refractivity contribution in [2.75, 3.05) is 6.61 Å². The molecule has 139 valence electrons. The molecule has 0 N–H and O–H groups in total. The Morgan fingerprint density at radius 3 is 2.50 bits per heavy atom. The topological polar surface area (TPSA) is 45.4 Å². The predicted molar refractivity (Wildman–Crippen MR) is 93.8 cm³/mol. The van der Waals surface area contributed by atoms with Crippen molar-refractivity contribution in [2.24, 2.45) is 5.92 Å². The van der Waals surface area contributed by atoms with Crippen LogP contribution >= 0.6 is 23.2 Å². The van der Waals surface area contributed by atoms with Crippen LogP contribution in [-0.4, -0.2) is 13.2 Å². The number of alkyl halides is 2. The molecule has 4 nitrogen and oxygen atoms in total. The Labute approximate surface area is 159 Å². The minimum absolute atomic E-state index is 0.000901. The summed E-state index contributed by atoms with van der Waals surface area (Å²) in [5, 5.41) is 11.8. The molecule has 1 fully saturated rings. The van der Waals surface area contributed by atoms with Gasteiger partial charge in [-0.3, -0.25) is 0 Å². The average Bonchev–Trinajstić information content (AvgIpc) is 3.37. The molecule has 3 rings (SSSR count). The monoisotopic (exact) mass is 402 g/mol. The second kappa shape index (κ2) is 8.27. The number of halogens is 4. The Balaban J connectivity index is 1.73. The van der Waals surface area contributed by atoms with E-state index in [1.165, 1.54) is 18.5 Å². The van der Waals surface area contributed by atoms with Crippen molar-refractivity contribution >= 4 is 23.2 Å². The number of hydrogen-bond donors (Lipinski definition) is 0. The normalized spacial score (nSPS) is 13.9. The van der Waals surface area contributed by atoms with E-state index in [4.69, 9.17) is 27.9 Å². The maximum Gasteiger partial charge on any atom is 0.387 e. The number of aromatic nitrogens is 1. The summed E-state index contributed by atoms with van der Waals surface area (Å²) < 4.78 is 35.8. The SMILES string of the molecule is [O-][n+]1cc(Cl)c(C[CH]c2ccc(OC(F)F)c(OCC3CC3)c2)c(Cl)c1. The third-order valence-corrected chi connectivity index (χ3v) is 4.61. The van der Waals surface area contributed by atoms with Crippen molar-refractivity contribution in [2.45, 2.75) is 25.9 Å². The lowest BCUT2D eigenvalue weighted by Gasteiger charge is -2.14. The summed E-state index contributed by atoms with van der Waals surface area (Å²) in [6.45, 7) is -2.45. The van der Waals surface area contributed by atoms with Crippen LogP contribution in [0, 0.1) is 17.5 Å². The Morgan fingerprint density at radius 1 is 1.19 bits per heavy atom. The van der Waals surface area contributed by atoms with E-state index in [1.807, 2.05) is 6.42 Å². The molecule has 1 saturated carbocycles. The predicted octanol–water partition coefficient (Wildman–Crippen LogP) is 4.81. The van der Waals surface area contributed by atoms with Gasteiger partial charge in [0, 0.05) is 5.56 Å². The second-order valence-electron chi connectivity index (χ2n) is 6.04. The highest BCUT2D eigenvalue weighted by molar-refractivity contribution is 6.35. The average molecular weight is 403 g/mol. The van der Waals surface area contributed by atoms with Crippen LogP contribution < -0.4 is 14.2 Å². The zero-order chi connectivity index (χ0) is 18.7. The summed E-state index contributed by atoms with van der Waals surface area (Å²) in [6.07, 6.45) is 6.80. The summed E-state index contributed by atoms with van der Waals surface area (Å²) in [5.41, 5.74) is 1.34. The van der Waals surface area contributed by atoms with Crippen LogP contribution in [0.25, 0.3) is 0 Å². The van der Waals surface area contributed by atoms with E-state index in [9.17, 15) is 14.0 Å². The van der Waals surface area contributed by atoms with Crippen molar-refractivity contribution in [1.82, 2.24) is 0 Å². The fraction of sp³-hybridized carbons (Fsp3) is 0.333. The number of ether oxygens (including phenoxy) is 2. The second-order valence-corrected chi connectivity index (χ2v) is 6.85. The third-order valence-electron chi connectivity index (χ3n) is 3.95. The Hall–Kier alpha value is -1.79. The van der Waals surface area contributed by atoms with E-state index < -0.39 is 6.61 Å². The molecule has 1 aromatic carbocycles.